The molecule has 8 heteroatoms. The van der Waals surface area contributed by atoms with Gasteiger partial charge in [0.15, 0.2) is 0 Å². The number of ether oxygens (including phenoxy) is 1. The molecular formula is C22H30N6O2. The van der Waals surface area contributed by atoms with Crippen LogP contribution in [-0.4, -0.2) is 78.0 Å². The molecule has 1 saturated heterocycles. The lowest BCUT2D eigenvalue weighted by molar-refractivity contribution is -0.117. The van der Waals surface area contributed by atoms with Crippen LogP contribution in [0.5, 0.6) is 0 Å². The highest BCUT2D eigenvalue weighted by atomic mass is 16.5. The van der Waals surface area contributed by atoms with Gasteiger partial charge < -0.3 is 10.1 Å². The minimum atomic E-state index is -0.0891. The zero-order valence-electron chi connectivity index (χ0n) is 17.8. The molecule has 0 radical (unpaired) electrons. The van der Waals surface area contributed by atoms with E-state index in [1.807, 2.05) is 53.8 Å². The molecular weight excluding hydrogens is 380 g/mol. The Balaban J connectivity index is 1.62. The first-order chi connectivity index (χ1) is 14.6. The van der Waals surface area contributed by atoms with Crippen LogP contribution in [0.25, 0.3) is 5.69 Å². The molecule has 160 valence electrons. The minimum absolute atomic E-state index is 0.0891. The fourth-order valence-corrected chi connectivity index (χ4v) is 3.61. The quantitative estimate of drug-likeness (QED) is 0.680. The first kappa shape index (κ1) is 22.0. The van der Waals surface area contributed by atoms with Crippen molar-refractivity contribution >= 4 is 11.6 Å². The van der Waals surface area contributed by atoms with Gasteiger partial charge in [-0.05, 0) is 26.0 Å². The number of carbonyl (C=O) groups excluding carboxylic acids is 1. The second kappa shape index (κ2) is 10.9. The average molecular weight is 411 g/mol. The van der Waals surface area contributed by atoms with Crippen molar-refractivity contribution < 1.29 is 9.53 Å². The van der Waals surface area contributed by atoms with E-state index in [0.717, 1.165) is 62.2 Å². The molecule has 2 heterocycles. The smallest absolute Gasteiger partial charge is 0.238 e. The number of hydrogen-bond acceptors (Lipinski definition) is 6. The molecule has 0 unspecified atom stereocenters. The number of aromatic nitrogens is 2. The Morgan fingerprint density at radius 3 is 2.67 bits per heavy atom. The maximum atomic E-state index is 12.8. The Hall–Kier alpha value is -2.73. The molecule has 30 heavy (non-hydrogen) atoms. The van der Waals surface area contributed by atoms with Crippen LogP contribution in [0, 0.1) is 25.2 Å². The van der Waals surface area contributed by atoms with Gasteiger partial charge >= 0.3 is 0 Å². The van der Waals surface area contributed by atoms with Crippen LogP contribution in [0.15, 0.2) is 30.3 Å². The summed E-state index contributed by atoms with van der Waals surface area (Å²) in [5.41, 5.74) is 3.38. The van der Waals surface area contributed by atoms with Crippen molar-refractivity contribution in [2.24, 2.45) is 0 Å². The van der Waals surface area contributed by atoms with Crippen LogP contribution in [0.2, 0.25) is 0 Å². The number of amides is 1. The van der Waals surface area contributed by atoms with E-state index in [1.54, 1.807) is 0 Å². The molecule has 1 N–H and O–H groups in total. The molecule has 0 saturated carbocycles. The van der Waals surface area contributed by atoms with Crippen LogP contribution in [-0.2, 0) is 9.53 Å². The van der Waals surface area contributed by atoms with Crippen molar-refractivity contribution in [3.63, 3.8) is 0 Å². The average Bonchev–Trinajstić information content (AvgIpc) is 3.05. The van der Waals surface area contributed by atoms with Gasteiger partial charge in [-0.3, -0.25) is 14.6 Å². The molecule has 0 spiro atoms. The minimum Gasteiger partial charge on any atom is -0.379 e. The van der Waals surface area contributed by atoms with E-state index in [-0.39, 0.29) is 12.5 Å². The lowest BCUT2D eigenvalue weighted by Gasteiger charge is -2.29. The van der Waals surface area contributed by atoms with Crippen molar-refractivity contribution in [3.8, 4) is 11.8 Å². The van der Waals surface area contributed by atoms with Crippen LogP contribution in [0.4, 0.5) is 5.69 Å². The van der Waals surface area contributed by atoms with E-state index in [4.69, 9.17) is 10.00 Å². The molecule has 1 aromatic carbocycles. The molecule has 1 fully saturated rings. The normalized spacial score (nSPS) is 14.6. The van der Waals surface area contributed by atoms with Gasteiger partial charge in [0.05, 0.1) is 48.6 Å². The van der Waals surface area contributed by atoms with E-state index in [9.17, 15) is 4.79 Å². The van der Waals surface area contributed by atoms with Crippen molar-refractivity contribution in [2.45, 2.75) is 20.3 Å². The van der Waals surface area contributed by atoms with Crippen molar-refractivity contribution in [1.82, 2.24) is 19.6 Å². The Kier molecular flexibility index (Phi) is 7.97. The van der Waals surface area contributed by atoms with E-state index in [0.29, 0.717) is 13.0 Å². The summed E-state index contributed by atoms with van der Waals surface area (Å²) >= 11 is 0. The second-order valence-electron chi connectivity index (χ2n) is 7.48. The number of nitrogens with zero attached hydrogens (tertiary/aromatic N) is 5. The van der Waals surface area contributed by atoms with Crippen molar-refractivity contribution in [1.29, 1.82) is 5.26 Å². The van der Waals surface area contributed by atoms with Gasteiger partial charge in [0, 0.05) is 39.1 Å². The van der Waals surface area contributed by atoms with Gasteiger partial charge in [0.2, 0.25) is 5.91 Å². The highest BCUT2D eigenvalue weighted by Gasteiger charge is 2.18. The SMILES string of the molecule is Cc1nn(-c2ccccc2)c(C)c1NC(=O)CN(CCC#N)CCN1CCOCC1. The monoisotopic (exact) mass is 410 g/mol. The summed E-state index contributed by atoms with van der Waals surface area (Å²) in [4.78, 5) is 17.2. The number of benzene rings is 1. The standard InChI is InChI=1S/C22H30N6O2/c1-18-22(19(2)28(25-18)20-7-4-3-5-8-20)24-21(29)17-27(10-6-9-23)12-11-26-13-15-30-16-14-26/h3-5,7-8H,6,10-17H2,1-2H3,(H,24,29). The Morgan fingerprint density at radius 2 is 1.97 bits per heavy atom. The summed E-state index contributed by atoms with van der Waals surface area (Å²) in [6, 6.07) is 12.0. The summed E-state index contributed by atoms with van der Waals surface area (Å²) in [5, 5.41) is 16.6. The lowest BCUT2D eigenvalue weighted by atomic mass is 10.3. The van der Waals surface area contributed by atoms with Crippen LogP contribution >= 0.6 is 0 Å². The maximum Gasteiger partial charge on any atom is 0.238 e. The summed E-state index contributed by atoms with van der Waals surface area (Å²) in [5.74, 6) is -0.0891. The number of carbonyl (C=O) groups is 1. The van der Waals surface area contributed by atoms with Crippen LogP contribution in [0.1, 0.15) is 17.8 Å². The molecule has 0 aliphatic carbocycles. The van der Waals surface area contributed by atoms with Gasteiger partial charge in [0.25, 0.3) is 0 Å². The zero-order chi connectivity index (χ0) is 21.3. The highest BCUT2D eigenvalue weighted by molar-refractivity contribution is 5.93. The molecule has 1 aliphatic rings. The third kappa shape index (κ3) is 5.89. The molecule has 3 rings (SSSR count). The summed E-state index contributed by atoms with van der Waals surface area (Å²) in [7, 11) is 0. The first-order valence-corrected chi connectivity index (χ1v) is 10.4. The summed E-state index contributed by atoms with van der Waals surface area (Å²) in [6.07, 6.45) is 0.403. The molecule has 1 aromatic heterocycles. The van der Waals surface area contributed by atoms with E-state index in [2.05, 4.69) is 21.4 Å². The summed E-state index contributed by atoms with van der Waals surface area (Å²) < 4.78 is 7.23. The van der Waals surface area contributed by atoms with Crippen molar-refractivity contribution in [2.75, 3.05) is 57.8 Å². The molecule has 1 aliphatic heterocycles. The Morgan fingerprint density at radius 1 is 1.23 bits per heavy atom. The van der Waals surface area contributed by atoms with E-state index in [1.165, 1.54) is 0 Å². The Bertz CT molecular complexity index is 868. The summed E-state index contributed by atoms with van der Waals surface area (Å²) in [6.45, 7) is 9.62. The number of hydrogen-bond donors (Lipinski definition) is 1. The number of aryl methyl sites for hydroxylation is 1. The van der Waals surface area contributed by atoms with Gasteiger partial charge in [0.1, 0.15) is 0 Å². The fraction of sp³-hybridized carbons (Fsp3) is 0.500. The molecule has 0 bridgehead atoms. The maximum absolute atomic E-state index is 12.8. The van der Waals surface area contributed by atoms with Gasteiger partial charge in [-0.15, -0.1) is 0 Å². The van der Waals surface area contributed by atoms with Crippen LogP contribution < -0.4 is 5.32 Å². The van der Waals surface area contributed by atoms with Gasteiger partial charge in [-0.1, -0.05) is 18.2 Å². The number of anilines is 1. The van der Waals surface area contributed by atoms with Crippen molar-refractivity contribution in [3.05, 3.63) is 41.7 Å². The topological polar surface area (TPSA) is 86.4 Å². The Labute approximate surface area is 178 Å². The molecule has 2 aromatic rings. The fourth-order valence-electron chi connectivity index (χ4n) is 3.61. The predicted molar refractivity (Wildman–Crippen MR) is 116 cm³/mol. The predicted octanol–water partition coefficient (Wildman–Crippen LogP) is 1.98. The van der Waals surface area contributed by atoms with Gasteiger partial charge in [-0.25, -0.2) is 4.68 Å². The lowest BCUT2D eigenvalue weighted by Crippen LogP contribution is -2.43. The first-order valence-electron chi connectivity index (χ1n) is 10.4. The number of nitrogens with one attached hydrogen (secondary N) is 1. The zero-order valence-corrected chi connectivity index (χ0v) is 17.8. The van der Waals surface area contributed by atoms with Gasteiger partial charge in [-0.2, -0.15) is 10.4 Å². The third-order valence-corrected chi connectivity index (χ3v) is 5.30. The number of rotatable bonds is 9. The molecule has 8 nitrogen and oxygen atoms in total. The second-order valence-corrected chi connectivity index (χ2v) is 7.48. The van der Waals surface area contributed by atoms with Crippen LogP contribution in [0.3, 0.4) is 0 Å². The molecule has 1 amide bonds. The highest BCUT2D eigenvalue weighted by Crippen LogP contribution is 2.22. The third-order valence-electron chi connectivity index (χ3n) is 5.30. The molecule has 0 atom stereocenters. The number of morpholine rings is 1. The largest absolute Gasteiger partial charge is 0.379 e. The van der Waals surface area contributed by atoms with E-state index < -0.39 is 0 Å². The number of para-hydroxylation sites is 1. The number of nitriles is 1. The van der Waals surface area contributed by atoms with E-state index >= 15 is 0 Å².